The maximum atomic E-state index is 10.0. The van der Waals surface area contributed by atoms with E-state index in [4.69, 9.17) is 4.74 Å². The third-order valence-corrected chi connectivity index (χ3v) is 2.11. The summed E-state index contributed by atoms with van der Waals surface area (Å²) in [5.74, 6) is 0. The van der Waals surface area contributed by atoms with Crippen molar-refractivity contribution >= 4 is 6.47 Å². The molecule has 2 aliphatic rings. The van der Waals surface area contributed by atoms with Crippen LogP contribution >= 0.6 is 0 Å². The number of rotatable bonds is 3. The van der Waals surface area contributed by atoms with E-state index >= 15 is 0 Å². The maximum Gasteiger partial charge on any atom is 0.293 e. The fraction of sp³-hybridized carbons (Fsp3) is 0.0833. The Morgan fingerprint density at radius 3 is 2.29 bits per heavy atom. The van der Waals surface area contributed by atoms with Gasteiger partial charge in [-0.25, -0.2) is 0 Å². The molecule has 70 valence electrons. The SMILES string of the molecule is O=COCc1cc2cccccc-2c1. The van der Waals surface area contributed by atoms with Crippen molar-refractivity contribution < 1.29 is 9.53 Å². The van der Waals surface area contributed by atoms with Crippen molar-refractivity contribution in [2.45, 2.75) is 6.61 Å². The van der Waals surface area contributed by atoms with E-state index in [1.807, 2.05) is 42.5 Å². The Labute approximate surface area is 82.5 Å². The Hall–Kier alpha value is -1.83. The summed E-state index contributed by atoms with van der Waals surface area (Å²) in [6.07, 6.45) is 0. The largest absolute Gasteiger partial charge is 0.463 e. The molecule has 0 atom stereocenters. The van der Waals surface area contributed by atoms with Gasteiger partial charge in [0.2, 0.25) is 0 Å². The molecular weight excluding hydrogens is 176 g/mol. The Kier molecular flexibility index (Phi) is 2.45. The maximum absolute atomic E-state index is 10.0. The summed E-state index contributed by atoms with van der Waals surface area (Å²) in [5.41, 5.74) is 3.36. The third-order valence-electron chi connectivity index (χ3n) is 2.11. The van der Waals surface area contributed by atoms with Gasteiger partial charge in [0.05, 0.1) is 0 Å². The summed E-state index contributed by atoms with van der Waals surface area (Å²) < 4.78 is 4.69. The molecule has 2 nitrogen and oxygen atoms in total. The third kappa shape index (κ3) is 1.74. The quantitative estimate of drug-likeness (QED) is 0.688. The molecule has 0 saturated carbocycles. The van der Waals surface area contributed by atoms with Crippen LogP contribution in [0.25, 0.3) is 11.1 Å². The highest BCUT2D eigenvalue weighted by atomic mass is 16.5. The molecule has 0 fully saturated rings. The Bertz CT molecular complexity index is 378. The average molecular weight is 186 g/mol. The lowest BCUT2D eigenvalue weighted by atomic mass is 10.2. The molecule has 0 unspecified atom stereocenters. The van der Waals surface area contributed by atoms with Crippen LogP contribution in [0.5, 0.6) is 0 Å². The average Bonchev–Trinajstić information content (AvgIpc) is 2.46. The van der Waals surface area contributed by atoms with E-state index in [1.54, 1.807) is 0 Å². The van der Waals surface area contributed by atoms with Gasteiger partial charge in [0.1, 0.15) is 6.61 Å². The van der Waals surface area contributed by atoms with E-state index in [1.165, 1.54) is 11.1 Å². The lowest BCUT2D eigenvalue weighted by Gasteiger charge is -1.91. The second-order valence-electron chi connectivity index (χ2n) is 3.09. The minimum Gasteiger partial charge on any atom is -0.463 e. The van der Waals surface area contributed by atoms with Gasteiger partial charge in [0.15, 0.2) is 0 Å². The summed E-state index contributed by atoms with van der Waals surface area (Å²) in [4.78, 5) is 10.0. The van der Waals surface area contributed by atoms with Crippen LogP contribution in [0.1, 0.15) is 5.56 Å². The lowest BCUT2D eigenvalue weighted by molar-refractivity contribution is -0.129. The van der Waals surface area contributed by atoms with Crippen LogP contribution in [0.3, 0.4) is 0 Å². The van der Waals surface area contributed by atoms with E-state index in [-0.39, 0.29) is 0 Å². The van der Waals surface area contributed by atoms with Gasteiger partial charge < -0.3 is 4.74 Å². The molecule has 0 radical (unpaired) electrons. The summed E-state index contributed by atoms with van der Waals surface area (Å²) >= 11 is 0. The van der Waals surface area contributed by atoms with E-state index < -0.39 is 0 Å². The highest BCUT2D eigenvalue weighted by molar-refractivity contribution is 5.67. The van der Waals surface area contributed by atoms with Crippen LogP contribution in [0.4, 0.5) is 0 Å². The number of ether oxygens (including phenoxy) is 1. The first-order valence-corrected chi connectivity index (χ1v) is 4.43. The van der Waals surface area contributed by atoms with Crippen LogP contribution < -0.4 is 0 Å². The summed E-state index contributed by atoms with van der Waals surface area (Å²) in [7, 11) is 0. The molecule has 0 aromatic carbocycles. The van der Waals surface area contributed by atoms with Crippen molar-refractivity contribution in [2.75, 3.05) is 0 Å². The molecule has 0 heterocycles. The van der Waals surface area contributed by atoms with Gasteiger partial charge in [-0.2, -0.15) is 0 Å². The van der Waals surface area contributed by atoms with Crippen molar-refractivity contribution in [1.82, 2.24) is 0 Å². The summed E-state index contributed by atoms with van der Waals surface area (Å²) in [6.45, 7) is 0.819. The van der Waals surface area contributed by atoms with Gasteiger partial charge >= 0.3 is 0 Å². The number of hydrogen-bond donors (Lipinski definition) is 0. The van der Waals surface area contributed by atoms with Crippen LogP contribution in [0.2, 0.25) is 0 Å². The smallest absolute Gasteiger partial charge is 0.293 e. The second-order valence-corrected chi connectivity index (χ2v) is 3.09. The van der Waals surface area contributed by atoms with Crippen molar-refractivity contribution in [1.29, 1.82) is 0 Å². The molecule has 2 heteroatoms. The fourth-order valence-corrected chi connectivity index (χ4v) is 1.49. The van der Waals surface area contributed by atoms with E-state index in [2.05, 4.69) is 0 Å². The number of carbonyl (C=O) groups excluding carboxylic acids is 1. The zero-order chi connectivity index (χ0) is 9.80. The predicted molar refractivity (Wildman–Crippen MR) is 53.9 cm³/mol. The molecule has 14 heavy (non-hydrogen) atoms. The number of carbonyl (C=O) groups is 1. The Morgan fingerprint density at radius 2 is 1.71 bits per heavy atom. The van der Waals surface area contributed by atoms with Crippen LogP contribution in [0, 0.1) is 0 Å². The first-order chi connectivity index (χ1) is 6.90. The normalized spacial score (nSPS) is 10.0. The van der Waals surface area contributed by atoms with Crippen molar-refractivity contribution in [3.8, 4) is 11.1 Å². The Balaban J connectivity index is 2.33. The second kappa shape index (κ2) is 3.92. The highest BCUT2D eigenvalue weighted by Crippen LogP contribution is 2.24. The minimum absolute atomic E-state index is 0.349. The molecule has 0 saturated heterocycles. The molecule has 2 aliphatic carbocycles. The molecule has 0 aromatic rings. The summed E-state index contributed by atoms with van der Waals surface area (Å²) in [5, 5.41) is 0. The van der Waals surface area contributed by atoms with Gasteiger partial charge in [0, 0.05) is 0 Å². The molecule has 2 rings (SSSR count). The van der Waals surface area contributed by atoms with Gasteiger partial charge in [-0.15, -0.1) is 0 Å². The van der Waals surface area contributed by atoms with Gasteiger partial charge in [-0.05, 0) is 28.8 Å². The van der Waals surface area contributed by atoms with Gasteiger partial charge in [-0.3, -0.25) is 4.79 Å². The predicted octanol–water partition coefficient (Wildman–Crippen LogP) is 2.46. The fourth-order valence-electron chi connectivity index (χ4n) is 1.49. The zero-order valence-electron chi connectivity index (χ0n) is 7.64. The molecule has 0 N–H and O–H groups in total. The molecule has 0 bridgehead atoms. The zero-order valence-corrected chi connectivity index (χ0v) is 7.64. The van der Waals surface area contributed by atoms with Crippen LogP contribution in [-0.4, -0.2) is 6.47 Å². The molecule has 0 amide bonds. The number of fused-ring (bicyclic) bond motifs is 1. The molecule has 0 aromatic heterocycles. The lowest BCUT2D eigenvalue weighted by Crippen LogP contribution is -1.85. The Morgan fingerprint density at radius 1 is 1.07 bits per heavy atom. The van der Waals surface area contributed by atoms with E-state index in [9.17, 15) is 4.79 Å². The topological polar surface area (TPSA) is 26.3 Å². The van der Waals surface area contributed by atoms with Crippen LogP contribution in [0.15, 0.2) is 42.5 Å². The molecule has 0 aliphatic heterocycles. The van der Waals surface area contributed by atoms with Crippen molar-refractivity contribution in [2.24, 2.45) is 0 Å². The number of hydrogen-bond acceptors (Lipinski definition) is 2. The standard InChI is InChI=1S/C12H10O2/c13-9-14-8-10-6-11-4-2-1-3-5-12(11)7-10/h1-7,9H,8H2. The molecular formula is C12H10O2. The highest BCUT2D eigenvalue weighted by Gasteiger charge is 2.03. The first-order valence-electron chi connectivity index (χ1n) is 4.43. The van der Waals surface area contributed by atoms with Crippen molar-refractivity contribution in [3.63, 3.8) is 0 Å². The first kappa shape index (κ1) is 8.75. The molecule has 0 spiro atoms. The van der Waals surface area contributed by atoms with Crippen LogP contribution in [-0.2, 0) is 16.1 Å². The van der Waals surface area contributed by atoms with E-state index in [0.29, 0.717) is 13.1 Å². The minimum atomic E-state index is 0.349. The monoisotopic (exact) mass is 186 g/mol. The van der Waals surface area contributed by atoms with Gasteiger partial charge in [-0.1, -0.05) is 30.3 Å². The van der Waals surface area contributed by atoms with E-state index in [0.717, 1.165) is 5.56 Å². The summed E-state index contributed by atoms with van der Waals surface area (Å²) in [6, 6.07) is 14.1. The van der Waals surface area contributed by atoms with Crippen molar-refractivity contribution in [3.05, 3.63) is 48.0 Å². The van der Waals surface area contributed by atoms with Gasteiger partial charge in [0.25, 0.3) is 6.47 Å².